The minimum absolute atomic E-state index is 0.169. The normalized spacial score (nSPS) is 10.7. The van der Waals surface area contributed by atoms with Crippen LogP contribution < -0.4 is 10.6 Å². The molecule has 0 atom stereocenters. The summed E-state index contributed by atoms with van der Waals surface area (Å²) in [6.07, 6.45) is 5.66. The van der Waals surface area contributed by atoms with Crippen LogP contribution in [0.4, 0.5) is 11.4 Å². The molecule has 0 saturated carbocycles. The van der Waals surface area contributed by atoms with E-state index in [0.29, 0.717) is 11.3 Å². The van der Waals surface area contributed by atoms with Gasteiger partial charge in [-0.15, -0.1) is 0 Å². The van der Waals surface area contributed by atoms with Gasteiger partial charge in [0.1, 0.15) is 6.61 Å². The zero-order valence-electron chi connectivity index (χ0n) is 18.1. The lowest BCUT2D eigenvalue weighted by Gasteiger charge is -2.11. The molecule has 4 N–H and O–H groups in total. The van der Waals surface area contributed by atoms with Crippen molar-refractivity contribution in [2.24, 2.45) is 0 Å². The number of rotatable bonds is 6. The fraction of sp³-hybridized carbons (Fsp3) is 0.115. The number of carbonyl (C=O) groups is 1. The van der Waals surface area contributed by atoms with E-state index in [-0.39, 0.29) is 19.1 Å². The van der Waals surface area contributed by atoms with Gasteiger partial charge in [0.25, 0.3) is 5.91 Å². The maximum Gasteiger partial charge on any atom is 0.254 e. The van der Waals surface area contributed by atoms with Crippen molar-refractivity contribution in [3.05, 3.63) is 83.3 Å². The predicted molar refractivity (Wildman–Crippen MR) is 131 cm³/mol. The van der Waals surface area contributed by atoms with E-state index < -0.39 is 0 Å². The number of aliphatic hydroxyl groups is 1. The van der Waals surface area contributed by atoms with Gasteiger partial charge in [0.05, 0.1) is 34.7 Å². The van der Waals surface area contributed by atoms with Gasteiger partial charge >= 0.3 is 0 Å². The molecule has 7 heteroatoms. The van der Waals surface area contributed by atoms with E-state index in [1.54, 1.807) is 18.3 Å². The van der Waals surface area contributed by atoms with E-state index in [2.05, 4.69) is 37.7 Å². The molecule has 2 heterocycles. The summed E-state index contributed by atoms with van der Waals surface area (Å²) in [4.78, 5) is 16.9. The number of fused-ring (bicyclic) bond motifs is 1. The molecule has 4 aromatic rings. The Morgan fingerprint density at radius 3 is 2.85 bits per heavy atom. The third kappa shape index (κ3) is 5.45. The third-order valence-corrected chi connectivity index (χ3v) is 4.93. The zero-order chi connectivity index (χ0) is 23.0. The van der Waals surface area contributed by atoms with Gasteiger partial charge in [-0.2, -0.15) is 5.10 Å². The van der Waals surface area contributed by atoms with Crippen molar-refractivity contribution in [3.8, 4) is 11.8 Å². The average molecular weight is 438 g/mol. The third-order valence-electron chi connectivity index (χ3n) is 4.93. The Hall–Kier alpha value is -4.41. The van der Waals surface area contributed by atoms with E-state index in [9.17, 15) is 4.79 Å². The number of aryl methyl sites for hydroxylation is 1. The summed E-state index contributed by atoms with van der Waals surface area (Å²) in [5.41, 5.74) is 5.72. The molecule has 0 aliphatic carbocycles. The number of nitrogens with zero attached hydrogens (tertiary/aromatic N) is 2. The number of hydrogen-bond donors (Lipinski definition) is 4. The lowest BCUT2D eigenvalue weighted by Crippen LogP contribution is -2.24. The van der Waals surface area contributed by atoms with E-state index in [1.807, 2.05) is 61.5 Å². The molecule has 0 aliphatic rings. The SMILES string of the molecule is Cc1ccnc(/C=C/c2n[nH]c3cc(Nc4ccccc4C(=O)NCC#CCO)ccc23)c1. The highest BCUT2D eigenvalue weighted by atomic mass is 16.2. The van der Waals surface area contributed by atoms with Crippen molar-refractivity contribution >= 4 is 40.3 Å². The minimum atomic E-state index is -0.245. The molecule has 0 aliphatic heterocycles. The second-order valence-corrected chi connectivity index (χ2v) is 7.33. The van der Waals surface area contributed by atoms with Gasteiger partial charge in [0.15, 0.2) is 0 Å². The molecule has 0 spiro atoms. The van der Waals surface area contributed by atoms with Crippen molar-refractivity contribution in [2.45, 2.75) is 6.92 Å². The second kappa shape index (κ2) is 10.3. The molecule has 1 amide bonds. The molecule has 7 nitrogen and oxygen atoms in total. The summed E-state index contributed by atoms with van der Waals surface area (Å²) in [6, 6.07) is 17.1. The molecular formula is C26H23N5O2. The van der Waals surface area contributed by atoms with E-state index in [1.165, 1.54) is 0 Å². The smallest absolute Gasteiger partial charge is 0.254 e. The first kappa shape index (κ1) is 21.8. The van der Waals surface area contributed by atoms with Crippen LogP contribution in [-0.4, -0.2) is 39.3 Å². The first-order valence-corrected chi connectivity index (χ1v) is 10.4. The molecule has 0 saturated heterocycles. The van der Waals surface area contributed by atoms with Crippen LogP contribution in [0.5, 0.6) is 0 Å². The molecule has 2 aromatic carbocycles. The molecule has 164 valence electrons. The molecule has 0 unspecified atom stereocenters. The number of aromatic amines is 1. The van der Waals surface area contributed by atoms with Gasteiger partial charge in [-0.3, -0.25) is 14.9 Å². The quantitative estimate of drug-likeness (QED) is 0.343. The highest BCUT2D eigenvalue weighted by Crippen LogP contribution is 2.26. The molecule has 4 rings (SSSR count). The van der Waals surface area contributed by atoms with Gasteiger partial charge in [-0.1, -0.05) is 24.0 Å². The van der Waals surface area contributed by atoms with Crippen molar-refractivity contribution < 1.29 is 9.90 Å². The summed E-state index contributed by atoms with van der Waals surface area (Å²) < 4.78 is 0. The Bertz CT molecular complexity index is 1380. The molecular weight excluding hydrogens is 414 g/mol. The first-order valence-electron chi connectivity index (χ1n) is 10.4. The summed E-state index contributed by atoms with van der Waals surface area (Å²) in [5.74, 6) is 4.94. The minimum Gasteiger partial charge on any atom is -0.384 e. The van der Waals surface area contributed by atoms with Crippen molar-refractivity contribution in [2.75, 3.05) is 18.5 Å². The van der Waals surface area contributed by atoms with Crippen LogP contribution in [0.1, 0.15) is 27.3 Å². The summed E-state index contributed by atoms with van der Waals surface area (Å²) in [5, 5.41) is 23.2. The van der Waals surface area contributed by atoms with Crippen LogP contribution in [0, 0.1) is 18.8 Å². The zero-order valence-corrected chi connectivity index (χ0v) is 18.1. The molecule has 0 bridgehead atoms. The van der Waals surface area contributed by atoms with Crippen molar-refractivity contribution in [1.82, 2.24) is 20.5 Å². The second-order valence-electron chi connectivity index (χ2n) is 7.33. The Kier molecular flexibility index (Phi) is 6.78. The number of nitrogens with one attached hydrogen (secondary N) is 3. The van der Waals surface area contributed by atoms with Crippen LogP contribution in [0.15, 0.2) is 60.8 Å². The van der Waals surface area contributed by atoms with E-state index in [4.69, 9.17) is 5.11 Å². The largest absolute Gasteiger partial charge is 0.384 e. The number of amides is 1. The fourth-order valence-electron chi connectivity index (χ4n) is 3.34. The number of H-pyrrole nitrogens is 1. The number of hydrogen-bond acceptors (Lipinski definition) is 5. The summed E-state index contributed by atoms with van der Waals surface area (Å²) in [6.45, 7) is 1.97. The average Bonchev–Trinajstić information content (AvgIpc) is 3.23. The van der Waals surface area contributed by atoms with Gasteiger partial charge in [0, 0.05) is 17.3 Å². The van der Waals surface area contributed by atoms with E-state index >= 15 is 0 Å². The summed E-state index contributed by atoms with van der Waals surface area (Å²) in [7, 11) is 0. The van der Waals surface area contributed by atoms with Crippen LogP contribution in [0.2, 0.25) is 0 Å². The van der Waals surface area contributed by atoms with Gasteiger partial charge in [0.2, 0.25) is 0 Å². The number of pyridine rings is 1. The van der Waals surface area contributed by atoms with Gasteiger partial charge in [-0.05, 0) is 67.1 Å². The Morgan fingerprint density at radius 1 is 1.12 bits per heavy atom. The van der Waals surface area contributed by atoms with Crippen LogP contribution in [0.25, 0.3) is 23.1 Å². The Labute approximate surface area is 191 Å². The molecule has 0 radical (unpaired) electrons. The lowest BCUT2D eigenvalue weighted by molar-refractivity contribution is 0.0959. The maximum atomic E-state index is 12.5. The standard InChI is InChI=1S/C26H23N5O2/c1-18-12-14-27-19(16-18)9-11-24-21-10-8-20(17-25(21)31-30-24)29-23-7-3-2-6-22(23)26(33)28-13-4-5-15-32/h2-3,6-12,14,16-17,29,32H,13,15H2,1H3,(H,28,33)(H,30,31)/b11-9+. The van der Waals surface area contributed by atoms with E-state index in [0.717, 1.165) is 33.5 Å². The number of anilines is 2. The number of benzene rings is 2. The predicted octanol–water partition coefficient (Wildman–Crippen LogP) is 3.91. The van der Waals surface area contributed by atoms with Gasteiger partial charge < -0.3 is 15.7 Å². The van der Waals surface area contributed by atoms with Crippen molar-refractivity contribution in [1.29, 1.82) is 0 Å². The first-order chi connectivity index (χ1) is 16.1. The molecule has 33 heavy (non-hydrogen) atoms. The topological polar surface area (TPSA) is 103 Å². The Balaban J connectivity index is 1.52. The number of aromatic nitrogens is 3. The fourth-order valence-corrected chi connectivity index (χ4v) is 3.34. The number of para-hydroxylation sites is 1. The lowest BCUT2D eigenvalue weighted by atomic mass is 10.1. The molecule has 0 fully saturated rings. The van der Waals surface area contributed by atoms with Crippen molar-refractivity contribution in [3.63, 3.8) is 0 Å². The number of aliphatic hydroxyl groups excluding tert-OH is 1. The monoisotopic (exact) mass is 437 g/mol. The van der Waals surface area contributed by atoms with Crippen LogP contribution >= 0.6 is 0 Å². The van der Waals surface area contributed by atoms with Crippen LogP contribution in [-0.2, 0) is 0 Å². The maximum absolute atomic E-state index is 12.5. The van der Waals surface area contributed by atoms with Crippen LogP contribution in [0.3, 0.4) is 0 Å². The number of carbonyl (C=O) groups excluding carboxylic acids is 1. The van der Waals surface area contributed by atoms with Gasteiger partial charge in [-0.25, -0.2) is 0 Å². The molecule has 2 aromatic heterocycles. The Morgan fingerprint density at radius 2 is 2.00 bits per heavy atom. The summed E-state index contributed by atoms with van der Waals surface area (Å²) >= 11 is 0. The highest BCUT2D eigenvalue weighted by Gasteiger charge is 2.11. The highest BCUT2D eigenvalue weighted by molar-refractivity contribution is 6.00.